The summed E-state index contributed by atoms with van der Waals surface area (Å²) in [6.07, 6.45) is 3.65. The number of benzene rings is 1. The van der Waals surface area contributed by atoms with Crippen LogP contribution in [0.1, 0.15) is 24.8 Å². The van der Waals surface area contributed by atoms with Crippen molar-refractivity contribution < 1.29 is 4.74 Å². The van der Waals surface area contributed by atoms with E-state index in [1.165, 1.54) is 12.8 Å². The molecule has 0 bridgehead atoms. The van der Waals surface area contributed by atoms with Gasteiger partial charge in [0.1, 0.15) is 6.07 Å². The molecule has 1 fully saturated rings. The molecule has 3 nitrogen and oxygen atoms in total. The number of hydrogen-bond acceptors (Lipinski definition) is 3. The first-order valence-electron chi connectivity index (χ1n) is 6.31. The standard InChI is InChI=1S/C14H17ClN2O/c15-14-8-13(5-4-12(14)9-16)17-6-1-7-18-10-11-2-3-11/h4-5,8,11,17H,1-3,6-7,10H2. The number of nitrogens with one attached hydrogen (secondary N) is 1. The highest BCUT2D eigenvalue weighted by atomic mass is 35.5. The van der Waals surface area contributed by atoms with E-state index in [1.54, 1.807) is 12.1 Å². The molecule has 0 aliphatic heterocycles. The Morgan fingerprint density at radius 1 is 1.44 bits per heavy atom. The minimum atomic E-state index is 0.493. The molecule has 0 aromatic heterocycles. The van der Waals surface area contributed by atoms with Crippen molar-refractivity contribution in [2.24, 2.45) is 5.92 Å². The maximum atomic E-state index is 8.76. The van der Waals surface area contributed by atoms with E-state index >= 15 is 0 Å². The molecule has 0 spiro atoms. The second kappa shape index (κ2) is 6.63. The monoisotopic (exact) mass is 264 g/mol. The van der Waals surface area contributed by atoms with Crippen molar-refractivity contribution in [3.05, 3.63) is 28.8 Å². The zero-order chi connectivity index (χ0) is 12.8. The predicted molar refractivity (Wildman–Crippen MR) is 72.8 cm³/mol. The molecule has 1 aliphatic rings. The van der Waals surface area contributed by atoms with Crippen molar-refractivity contribution in [1.29, 1.82) is 5.26 Å². The summed E-state index contributed by atoms with van der Waals surface area (Å²) in [6.45, 7) is 2.57. The molecule has 1 aromatic carbocycles. The van der Waals surface area contributed by atoms with E-state index in [1.807, 2.05) is 12.1 Å². The summed E-state index contributed by atoms with van der Waals surface area (Å²) in [4.78, 5) is 0. The molecule has 0 atom stereocenters. The Balaban J connectivity index is 1.63. The lowest BCUT2D eigenvalue weighted by Gasteiger charge is -2.07. The molecule has 1 saturated carbocycles. The Kier molecular flexibility index (Phi) is 4.86. The molecular weight excluding hydrogens is 248 g/mol. The Morgan fingerprint density at radius 3 is 2.94 bits per heavy atom. The zero-order valence-electron chi connectivity index (χ0n) is 10.3. The molecule has 0 radical (unpaired) electrons. The first-order valence-corrected chi connectivity index (χ1v) is 6.68. The number of rotatable bonds is 7. The van der Waals surface area contributed by atoms with Gasteiger partial charge in [-0.1, -0.05) is 11.6 Å². The van der Waals surface area contributed by atoms with Crippen LogP contribution >= 0.6 is 11.6 Å². The summed E-state index contributed by atoms with van der Waals surface area (Å²) in [5.41, 5.74) is 1.45. The number of halogens is 1. The summed E-state index contributed by atoms with van der Waals surface area (Å²) in [6, 6.07) is 7.43. The number of hydrogen-bond donors (Lipinski definition) is 1. The van der Waals surface area contributed by atoms with Gasteiger partial charge in [-0.3, -0.25) is 0 Å². The molecule has 0 unspecified atom stereocenters. The van der Waals surface area contributed by atoms with Gasteiger partial charge in [0.15, 0.2) is 0 Å². The summed E-state index contributed by atoms with van der Waals surface area (Å²) in [7, 11) is 0. The quantitative estimate of drug-likeness (QED) is 0.768. The van der Waals surface area contributed by atoms with Crippen molar-refractivity contribution in [2.75, 3.05) is 25.1 Å². The molecule has 18 heavy (non-hydrogen) atoms. The van der Waals surface area contributed by atoms with E-state index in [0.717, 1.165) is 37.8 Å². The highest BCUT2D eigenvalue weighted by Gasteiger charge is 2.20. The lowest BCUT2D eigenvalue weighted by molar-refractivity contribution is 0.124. The van der Waals surface area contributed by atoms with E-state index in [-0.39, 0.29) is 0 Å². The molecule has 96 valence electrons. The maximum absolute atomic E-state index is 8.76. The fourth-order valence-corrected chi connectivity index (χ4v) is 1.88. The van der Waals surface area contributed by atoms with Crippen LogP contribution in [0.3, 0.4) is 0 Å². The van der Waals surface area contributed by atoms with Gasteiger partial charge in [-0.05, 0) is 43.4 Å². The highest BCUT2D eigenvalue weighted by molar-refractivity contribution is 6.32. The van der Waals surface area contributed by atoms with Gasteiger partial charge in [-0.2, -0.15) is 5.26 Å². The van der Waals surface area contributed by atoms with Crippen LogP contribution in [0.25, 0.3) is 0 Å². The third-order valence-electron chi connectivity index (χ3n) is 2.93. The van der Waals surface area contributed by atoms with Gasteiger partial charge < -0.3 is 10.1 Å². The second-order valence-electron chi connectivity index (χ2n) is 4.61. The van der Waals surface area contributed by atoms with E-state index in [9.17, 15) is 0 Å². The minimum Gasteiger partial charge on any atom is -0.385 e. The normalized spacial score (nSPS) is 14.2. The Labute approximate surface area is 113 Å². The Hall–Kier alpha value is -1.24. The summed E-state index contributed by atoms with van der Waals surface area (Å²) >= 11 is 5.95. The molecule has 4 heteroatoms. The number of anilines is 1. The molecule has 1 aliphatic carbocycles. The van der Waals surface area contributed by atoms with Gasteiger partial charge in [0.25, 0.3) is 0 Å². The van der Waals surface area contributed by atoms with Gasteiger partial charge >= 0.3 is 0 Å². The fraction of sp³-hybridized carbons (Fsp3) is 0.500. The fourth-order valence-electron chi connectivity index (χ4n) is 1.66. The summed E-state index contributed by atoms with van der Waals surface area (Å²) in [5, 5.41) is 12.5. The summed E-state index contributed by atoms with van der Waals surface area (Å²) in [5.74, 6) is 0.829. The Morgan fingerprint density at radius 2 is 2.28 bits per heavy atom. The zero-order valence-corrected chi connectivity index (χ0v) is 11.0. The topological polar surface area (TPSA) is 45.0 Å². The van der Waals surface area contributed by atoms with Crippen LogP contribution < -0.4 is 5.32 Å². The van der Waals surface area contributed by atoms with Crippen molar-refractivity contribution in [1.82, 2.24) is 0 Å². The molecule has 1 N–H and O–H groups in total. The van der Waals surface area contributed by atoms with Gasteiger partial charge in [0.2, 0.25) is 0 Å². The molecular formula is C14H17ClN2O. The van der Waals surface area contributed by atoms with E-state index < -0.39 is 0 Å². The number of ether oxygens (including phenoxy) is 1. The van der Waals surface area contributed by atoms with Crippen LogP contribution in [0.4, 0.5) is 5.69 Å². The summed E-state index contributed by atoms with van der Waals surface area (Å²) < 4.78 is 5.55. The van der Waals surface area contributed by atoms with Crippen LogP contribution in [-0.4, -0.2) is 19.8 Å². The van der Waals surface area contributed by atoms with E-state index in [4.69, 9.17) is 21.6 Å². The van der Waals surface area contributed by atoms with E-state index in [2.05, 4.69) is 5.32 Å². The Bertz CT molecular complexity index is 438. The number of nitrogens with zero attached hydrogens (tertiary/aromatic N) is 1. The van der Waals surface area contributed by atoms with Crippen LogP contribution in [0.15, 0.2) is 18.2 Å². The van der Waals surface area contributed by atoms with Gasteiger partial charge in [0.05, 0.1) is 10.6 Å². The van der Waals surface area contributed by atoms with Gasteiger partial charge in [-0.25, -0.2) is 0 Å². The molecule has 0 saturated heterocycles. The number of nitriles is 1. The lowest BCUT2D eigenvalue weighted by Crippen LogP contribution is -2.06. The predicted octanol–water partition coefficient (Wildman–Crippen LogP) is 3.44. The van der Waals surface area contributed by atoms with Crippen LogP contribution in [0.5, 0.6) is 0 Å². The molecule has 0 heterocycles. The third kappa shape index (κ3) is 4.21. The first kappa shape index (κ1) is 13.2. The van der Waals surface area contributed by atoms with Crippen LogP contribution in [-0.2, 0) is 4.74 Å². The smallest absolute Gasteiger partial charge is 0.101 e. The molecule has 0 amide bonds. The maximum Gasteiger partial charge on any atom is 0.101 e. The van der Waals surface area contributed by atoms with Crippen molar-refractivity contribution in [2.45, 2.75) is 19.3 Å². The molecule has 1 aromatic rings. The largest absolute Gasteiger partial charge is 0.385 e. The van der Waals surface area contributed by atoms with E-state index in [0.29, 0.717) is 10.6 Å². The second-order valence-corrected chi connectivity index (χ2v) is 5.01. The minimum absolute atomic E-state index is 0.493. The lowest BCUT2D eigenvalue weighted by atomic mass is 10.2. The highest BCUT2D eigenvalue weighted by Crippen LogP contribution is 2.28. The first-order chi connectivity index (χ1) is 8.79. The van der Waals surface area contributed by atoms with Crippen molar-refractivity contribution in [3.63, 3.8) is 0 Å². The van der Waals surface area contributed by atoms with Crippen LogP contribution in [0.2, 0.25) is 5.02 Å². The molecule has 2 rings (SSSR count). The van der Waals surface area contributed by atoms with Crippen molar-refractivity contribution >= 4 is 17.3 Å². The SMILES string of the molecule is N#Cc1ccc(NCCCOCC2CC2)cc1Cl. The van der Waals surface area contributed by atoms with Crippen molar-refractivity contribution in [3.8, 4) is 6.07 Å². The van der Waals surface area contributed by atoms with Gasteiger partial charge in [0, 0.05) is 25.4 Å². The van der Waals surface area contributed by atoms with Crippen LogP contribution in [0, 0.1) is 17.2 Å². The average Bonchev–Trinajstić information content (AvgIpc) is 3.18. The average molecular weight is 265 g/mol. The third-order valence-corrected chi connectivity index (χ3v) is 3.25. The van der Waals surface area contributed by atoms with Gasteiger partial charge in [-0.15, -0.1) is 0 Å².